The third-order valence-electron chi connectivity index (χ3n) is 3.33. The lowest BCUT2D eigenvalue weighted by Crippen LogP contribution is -2.40. The van der Waals surface area contributed by atoms with E-state index >= 15 is 0 Å². The summed E-state index contributed by atoms with van der Waals surface area (Å²) in [6, 6.07) is 0.549. The van der Waals surface area contributed by atoms with Crippen LogP contribution >= 0.6 is 0 Å². The first-order chi connectivity index (χ1) is 10.8. The Kier molecular flexibility index (Phi) is 8.57. The van der Waals surface area contributed by atoms with E-state index in [1.165, 1.54) is 0 Å². The van der Waals surface area contributed by atoms with E-state index in [0.29, 0.717) is 39.1 Å². The summed E-state index contributed by atoms with van der Waals surface area (Å²) in [6.45, 7) is 5.45. The maximum absolute atomic E-state index is 9.64. The normalized spacial score (nSPS) is 12.8. The van der Waals surface area contributed by atoms with Crippen LogP contribution in [0.5, 0.6) is 0 Å². The molecule has 0 spiro atoms. The van der Waals surface area contributed by atoms with Gasteiger partial charge in [0.1, 0.15) is 12.4 Å². The van der Waals surface area contributed by atoms with Crippen molar-refractivity contribution >= 4 is 17.6 Å². The number of nitrogens with zero attached hydrogens (tertiary/aromatic N) is 2. The second-order valence-corrected chi connectivity index (χ2v) is 10.00. The largest absolute Gasteiger partial charge is 0.495 e. The van der Waals surface area contributed by atoms with Gasteiger partial charge in [-0.05, 0) is 26.7 Å². The molecule has 1 aromatic rings. The molecule has 1 rings (SSSR count). The lowest BCUT2D eigenvalue weighted by atomic mass is 10.5. The Morgan fingerprint density at radius 2 is 1.52 bits per heavy atom. The molecule has 0 atom stereocenters. The molecule has 0 aliphatic heterocycles. The van der Waals surface area contributed by atoms with Crippen LogP contribution in [0.25, 0.3) is 0 Å². The van der Waals surface area contributed by atoms with Gasteiger partial charge in [-0.25, -0.2) is 9.13 Å². The predicted octanol–water partition coefficient (Wildman–Crippen LogP) is -0.524. The van der Waals surface area contributed by atoms with Crippen molar-refractivity contribution in [1.82, 2.24) is 4.57 Å². The number of aryl methyl sites for hydroxylation is 2. The molecular weight excluding hydrogens is 336 g/mol. The molecule has 0 saturated heterocycles. The average Bonchev–Trinajstić information content (AvgIpc) is 2.86. The molecule has 0 saturated carbocycles. The van der Waals surface area contributed by atoms with E-state index in [0.717, 1.165) is 0 Å². The summed E-state index contributed by atoms with van der Waals surface area (Å²) in [5, 5.41) is 0. The van der Waals surface area contributed by atoms with Gasteiger partial charge < -0.3 is 28.0 Å². The van der Waals surface area contributed by atoms with Gasteiger partial charge in [0.25, 0.3) is 0 Å². The molecular formula is C13H29N2O6Si2+. The number of aromatic nitrogens is 2. The van der Waals surface area contributed by atoms with Crippen molar-refractivity contribution in [3.8, 4) is 0 Å². The van der Waals surface area contributed by atoms with Crippen molar-refractivity contribution in [2.24, 2.45) is 0 Å². The summed E-state index contributed by atoms with van der Waals surface area (Å²) in [6.07, 6.45) is 6.98. The standard InChI is InChI=1S/C13H29N2O6Si2/c1-3-20-22(16,17)11-5-7-14-9-10-15(13-14)8-6-12-23(18,19)21-4-2/h9-10,13,16-19H,3-8,11-12H2,1-2H3/q+1. The lowest BCUT2D eigenvalue weighted by Gasteiger charge is -2.15. The fraction of sp³-hybridized carbons (Fsp3) is 0.769. The molecule has 0 fully saturated rings. The fourth-order valence-electron chi connectivity index (χ4n) is 2.29. The lowest BCUT2D eigenvalue weighted by molar-refractivity contribution is -0.696. The highest BCUT2D eigenvalue weighted by Gasteiger charge is 2.32. The van der Waals surface area contributed by atoms with Gasteiger partial charge in [-0.3, -0.25) is 0 Å². The summed E-state index contributed by atoms with van der Waals surface area (Å²) < 4.78 is 13.8. The topological polar surface area (TPSA) is 108 Å². The fourth-order valence-corrected chi connectivity index (χ4v) is 4.74. The zero-order chi connectivity index (χ0) is 17.3. The monoisotopic (exact) mass is 365 g/mol. The van der Waals surface area contributed by atoms with E-state index in [1.54, 1.807) is 13.8 Å². The average molecular weight is 366 g/mol. The smallest absolute Gasteiger partial charge is 0.390 e. The van der Waals surface area contributed by atoms with Crippen LogP contribution in [0.3, 0.4) is 0 Å². The minimum Gasteiger partial charge on any atom is -0.390 e. The predicted molar refractivity (Wildman–Crippen MR) is 87.1 cm³/mol. The van der Waals surface area contributed by atoms with Gasteiger partial charge in [0.15, 0.2) is 0 Å². The molecule has 0 aromatic carbocycles. The zero-order valence-electron chi connectivity index (χ0n) is 13.9. The van der Waals surface area contributed by atoms with Crippen molar-refractivity contribution < 1.29 is 32.6 Å². The molecule has 0 unspecified atom stereocenters. The first-order valence-electron chi connectivity index (χ1n) is 8.00. The highest BCUT2D eigenvalue weighted by Crippen LogP contribution is 2.09. The second-order valence-electron chi connectivity index (χ2n) is 5.45. The molecule has 1 heterocycles. The highest BCUT2D eigenvalue weighted by molar-refractivity contribution is 6.57. The summed E-state index contributed by atoms with van der Waals surface area (Å²) in [5.74, 6) is 0. The van der Waals surface area contributed by atoms with E-state index in [2.05, 4.69) is 0 Å². The quantitative estimate of drug-likeness (QED) is 0.293. The maximum atomic E-state index is 9.64. The summed E-state index contributed by atoms with van der Waals surface area (Å²) in [4.78, 5) is 38.5. The van der Waals surface area contributed by atoms with E-state index in [1.807, 2.05) is 27.9 Å². The third kappa shape index (κ3) is 8.72. The Morgan fingerprint density at radius 1 is 0.957 bits per heavy atom. The molecule has 10 heteroatoms. The Bertz CT molecular complexity index is 417. The van der Waals surface area contributed by atoms with Crippen molar-refractivity contribution in [1.29, 1.82) is 0 Å². The molecule has 4 N–H and O–H groups in total. The van der Waals surface area contributed by atoms with Crippen molar-refractivity contribution in [3.63, 3.8) is 0 Å². The first kappa shape index (κ1) is 20.4. The number of rotatable bonds is 12. The third-order valence-corrected chi connectivity index (χ3v) is 6.85. The molecule has 134 valence electrons. The second kappa shape index (κ2) is 9.64. The summed E-state index contributed by atoms with van der Waals surface area (Å²) >= 11 is 0. The van der Waals surface area contributed by atoms with Crippen LogP contribution in [-0.2, 0) is 21.9 Å². The number of imidazole rings is 1. The molecule has 1 aromatic heterocycles. The van der Waals surface area contributed by atoms with E-state index in [-0.39, 0.29) is 12.1 Å². The Balaban J connectivity index is 2.29. The Hall–Kier alpha value is -0.596. The summed E-state index contributed by atoms with van der Waals surface area (Å²) in [7, 11) is -6.97. The van der Waals surface area contributed by atoms with Crippen LogP contribution in [0.1, 0.15) is 26.7 Å². The maximum Gasteiger partial charge on any atom is 0.495 e. The van der Waals surface area contributed by atoms with Crippen LogP contribution in [0.2, 0.25) is 12.1 Å². The molecule has 8 nitrogen and oxygen atoms in total. The van der Waals surface area contributed by atoms with Gasteiger partial charge in [0.05, 0.1) is 13.1 Å². The molecule has 0 aliphatic carbocycles. The van der Waals surface area contributed by atoms with E-state index in [9.17, 15) is 19.2 Å². The zero-order valence-corrected chi connectivity index (χ0v) is 15.9. The highest BCUT2D eigenvalue weighted by atomic mass is 28.4. The Morgan fingerprint density at radius 3 is 2.09 bits per heavy atom. The minimum atomic E-state index is -3.49. The summed E-state index contributed by atoms with van der Waals surface area (Å²) in [5.41, 5.74) is 0. The van der Waals surface area contributed by atoms with Crippen LogP contribution in [0.4, 0.5) is 0 Å². The minimum absolute atomic E-state index is 0.274. The SMILES string of the molecule is CCO[Si](O)(O)CCCn1cc[n+](CCC[Si](O)(O)OCC)c1. The van der Waals surface area contributed by atoms with Crippen molar-refractivity contribution in [3.05, 3.63) is 18.7 Å². The van der Waals surface area contributed by atoms with Crippen LogP contribution in [0, 0.1) is 0 Å². The van der Waals surface area contributed by atoms with Gasteiger partial charge >= 0.3 is 17.6 Å². The Labute approximate surface area is 139 Å². The van der Waals surface area contributed by atoms with E-state index in [4.69, 9.17) is 8.85 Å². The molecule has 0 radical (unpaired) electrons. The molecule has 0 bridgehead atoms. The van der Waals surface area contributed by atoms with Gasteiger partial charge in [-0.15, -0.1) is 0 Å². The molecule has 0 amide bonds. The molecule has 0 aliphatic rings. The van der Waals surface area contributed by atoms with Crippen LogP contribution < -0.4 is 4.57 Å². The van der Waals surface area contributed by atoms with Gasteiger partial charge in [0, 0.05) is 25.3 Å². The van der Waals surface area contributed by atoms with Crippen LogP contribution in [-0.4, -0.2) is 54.6 Å². The first-order valence-corrected chi connectivity index (χ1v) is 12.0. The van der Waals surface area contributed by atoms with Crippen molar-refractivity contribution in [2.75, 3.05) is 13.2 Å². The van der Waals surface area contributed by atoms with E-state index < -0.39 is 17.6 Å². The molecule has 23 heavy (non-hydrogen) atoms. The van der Waals surface area contributed by atoms with Crippen molar-refractivity contribution in [2.45, 2.75) is 51.9 Å². The number of hydrogen-bond donors (Lipinski definition) is 4. The van der Waals surface area contributed by atoms with Gasteiger partial charge in [-0.2, -0.15) is 0 Å². The van der Waals surface area contributed by atoms with Gasteiger partial charge in [0.2, 0.25) is 6.33 Å². The van der Waals surface area contributed by atoms with Gasteiger partial charge in [-0.1, -0.05) is 0 Å². The number of hydrogen-bond acceptors (Lipinski definition) is 6. The van der Waals surface area contributed by atoms with Crippen LogP contribution in [0.15, 0.2) is 18.7 Å².